The Labute approximate surface area is 135 Å². The second-order valence-corrected chi connectivity index (χ2v) is 5.05. The first-order valence-corrected chi connectivity index (χ1v) is 7.27. The van der Waals surface area contributed by atoms with Crippen molar-refractivity contribution in [2.24, 2.45) is 0 Å². The van der Waals surface area contributed by atoms with Crippen LogP contribution in [0.4, 0.5) is 0 Å². The molecule has 0 saturated heterocycles. The van der Waals surface area contributed by atoms with E-state index in [-0.39, 0.29) is 12.5 Å². The van der Waals surface area contributed by atoms with Crippen molar-refractivity contribution < 1.29 is 14.6 Å². The summed E-state index contributed by atoms with van der Waals surface area (Å²) in [7, 11) is 0. The maximum atomic E-state index is 12.2. The third kappa shape index (κ3) is 4.56. The normalized spacial score (nSPS) is 12.7. The smallest absolute Gasteiger partial charge is 0.261 e. The molecule has 5 heteroatoms. The molecule has 0 aliphatic carbocycles. The van der Waals surface area contributed by atoms with Crippen molar-refractivity contribution in [2.45, 2.75) is 19.1 Å². The largest absolute Gasteiger partial charge is 0.481 e. The summed E-state index contributed by atoms with van der Waals surface area (Å²) in [6, 6.07) is 17.4. The van der Waals surface area contributed by atoms with Gasteiger partial charge in [-0.1, -0.05) is 36.4 Å². The highest BCUT2D eigenvalue weighted by Crippen LogP contribution is 2.16. The minimum atomic E-state index is -0.748. The summed E-state index contributed by atoms with van der Waals surface area (Å²) < 4.78 is 5.56. The average Bonchev–Trinajstić information content (AvgIpc) is 2.60. The average molecular weight is 310 g/mol. The van der Waals surface area contributed by atoms with Gasteiger partial charge in [-0.2, -0.15) is 5.26 Å². The first kappa shape index (κ1) is 16.5. The Morgan fingerprint density at radius 1 is 1.26 bits per heavy atom. The highest BCUT2D eigenvalue weighted by atomic mass is 16.5. The number of carbonyl (C=O) groups is 1. The van der Waals surface area contributed by atoms with E-state index in [0.717, 1.165) is 5.56 Å². The molecule has 2 atom stereocenters. The lowest BCUT2D eigenvalue weighted by atomic mass is 10.1. The zero-order valence-electron chi connectivity index (χ0n) is 12.8. The number of hydrogen-bond acceptors (Lipinski definition) is 4. The Kier molecular flexibility index (Phi) is 5.73. The second-order valence-electron chi connectivity index (χ2n) is 5.05. The summed E-state index contributed by atoms with van der Waals surface area (Å²) in [5.41, 5.74) is 1.29. The van der Waals surface area contributed by atoms with Gasteiger partial charge in [-0.25, -0.2) is 0 Å². The van der Waals surface area contributed by atoms with Gasteiger partial charge >= 0.3 is 0 Å². The van der Waals surface area contributed by atoms with E-state index in [2.05, 4.69) is 5.32 Å². The molecule has 1 amide bonds. The predicted molar refractivity (Wildman–Crippen MR) is 85.7 cm³/mol. The summed E-state index contributed by atoms with van der Waals surface area (Å²) in [5, 5.41) is 21.1. The van der Waals surface area contributed by atoms with Gasteiger partial charge in [0, 0.05) is 0 Å². The molecule has 118 valence electrons. The zero-order chi connectivity index (χ0) is 16.7. The maximum absolute atomic E-state index is 12.2. The second kappa shape index (κ2) is 7.97. The van der Waals surface area contributed by atoms with Crippen molar-refractivity contribution in [3.63, 3.8) is 0 Å². The van der Waals surface area contributed by atoms with Crippen molar-refractivity contribution >= 4 is 5.91 Å². The fourth-order valence-corrected chi connectivity index (χ4v) is 2.11. The Morgan fingerprint density at radius 3 is 2.65 bits per heavy atom. The van der Waals surface area contributed by atoms with Crippen LogP contribution in [0.5, 0.6) is 5.75 Å². The first-order valence-electron chi connectivity index (χ1n) is 7.27. The SMILES string of the molecule is CC(Oc1cccc(C#N)c1)C(=O)NC(CO)c1ccccc1. The van der Waals surface area contributed by atoms with Crippen molar-refractivity contribution in [1.82, 2.24) is 5.32 Å². The summed E-state index contributed by atoms with van der Waals surface area (Å²) >= 11 is 0. The van der Waals surface area contributed by atoms with E-state index in [1.165, 1.54) is 0 Å². The van der Waals surface area contributed by atoms with Gasteiger partial charge in [0.15, 0.2) is 6.10 Å². The van der Waals surface area contributed by atoms with Crippen LogP contribution in [0.1, 0.15) is 24.1 Å². The monoisotopic (exact) mass is 310 g/mol. The highest BCUT2D eigenvalue weighted by molar-refractivity contribution is 5.81. The summed E-state index contributed by atoms with van der Waals surface area (Å²) in [5.74, 6) is 0.113. The molecule has 2 N–H and O–H groups in total. The fourth-order valence-electron chi connectivity index (χ4n) is 2.11. The van der Waals surface area contributed by atoms with Gasteiger partial charge in [0.05, 0.1) is 24.3 Å². The van der Waals surface area contributed by atoms with Crippen LogP contribution in [0.2, 0.25) is 0 Å². The van der Waals surface area contributed by atoms with Crippen LogP contribution in [0, 0.1) is 11.3 Å². The lowest BCUT2D eigenvalue weighted by Crippen LogP contribution is -2.39. The molecule has 0 fully saturated rings. The van der Waals surface area contributed by atoms with Crippen LogP contribution in [0.25, 0.3) is 0 Å². The molecule has 0 aromatic heterocycles. The van der Waals surface area contributed by atoms with Gasteiger partial charge in [-0.15, -0.1) is 0 Å². The number of aliphatic hydroxyl groups excluding tert-OH is 1. The lowest BCUT2D eigenvalue weighted by Gasteiger charge is -2.20. The number of aliphatic hydroxyl groups is 1. The van der Waals surface area contributed by atoms with E-state index in [1.807, 2.05) is 36.4 Å². The van der Waals surface area contributed by atoms with Crippen LogP contribution in [-0.4, -0.2) is 23.7 Å². The Bertz CT molecular complexity index is 695. The number of nitrogens with one attached hydrogen (secondary N) is 1. The highest BCUT2D eigenvalue weighted by Gasteiger charge is 2.19. The standard InChI is InChI=1S/C18H18N2O3/c1-13(23-16-9-5-6-14(10-16)11-19)18(22)20-17(12-21)15-7-3-2-4-8-15/h2-10,13,17,21H,12H2,1H3,(H,20,22). The van der Waals surface area contributed by atoms with E-state index in [4.69, 9.17) is 10.00 Å². The molecule has 0 saturated carbocycles. The Balaban J connectivity index is 2.00. The predicted octanol–water partition coefficient (Wildman–Crippen LogP) is 2.18. The summed E-state index contributed by atoms with van der Waals surface area (Å²) in [6.07, 6.45) is -0.748. The number of nitrogens with zero attached hydrogens (tertiary/aromatic N) is 1. The van der Waals surface area contributed by atoms with E-state index in [0.29, 0.717) is 11.3 Å². The molecule has 2 aromatic carbocycles. The van der Waals surface area contributed by atoms with Gasteiger partial charge in [-0.05, 0) is 30.7 Å². The lowest BCUT2D eigenvalue weighted by molar-refractivity contribution is -0.128. The molecular formula is C18H18N2O3. The Hall–Kier alpha value is -2.84. The fraction of sp³-hybridized carbons (Fsp3) is 0.222. The quantitative estimate of drug-likeness (QED) is 0.856. The molecule has 2 rings (SSSR count). The van der Waals surface area contributed by atoms with E-state index >= 15 is 0 Å². The minimum Gasteiger partial charge on any atom is -0.481 e. The number of rotatable bonds is 6. The minimum absolute atomic E-state index is 0.202. The van der Waals surface area contributed by atoms with Crippen LogP contribution in [0.15, 0.2) is 54.6 Å². The van der Waals surface area contributed by atoms with Gasteiger partial charge < -0.3 is 15.2 Å². The molecule has 0 radical (unpaired) electrons. The summed E-state index contributed by atoms with van der Waals surface area (Å²) in [4.78, 5) is 12.2. The molecule has 0 heterocycles. The van der Waals surface area contributed by atoms with Crippen molar-refractivity contribution in [1.29, 1.82) is 5.26 Å². The van der Waals surface area contributed by atoms with Crippen LogP contribution in [-0.2, 0) is 4.79 Å². The van der Waals surface area contributed by atoms with Crippen molar-refractivity contribution in [3.05, 3.63) is 65.7 Å². The van der Waals surface area contributed by atoms with Crippen molar-refractivity contribution in [3.8, 4) is 11.8 Å². The number of nitriles is 1. The molecule has 0 spiro atoms. The first-order chi connectivity index (χ1) is 11.1. The third-order valence-corrected chi connectivity index (χ3v) is 3.35. The topological polar surface area (TPSA) is 82.3 Å². The number of ether oxygens (including phenoxy) is 1. The van der Waals surface area contributed by atoms with E-state index in [9.17, 15) is 9.90 Å². The molecule has 0 aliphatic rings. The molecule has 2 unspecified atom stereocenters. The van der Waals surface area contributed by atoms with E-state index < -0.39 is 12.1 Å². The number of hydrogen-bond donors (Lipinski definition) is 2. The third-order valence-electron chi connectivity index (χ3n) is 3.35. The van der Waals surface area contributed by atoms with Crippen LogP contribution < -0.4 is 10.1 Å². The van der Waals surface area contributed by atoms with Crippen LogP contribution >= 0.6 is 0 Å². The molecule has 0 aliphatic heterocycles. The van der Waals surface area contributed by atoms with Crippen molar-refractivity contribution in [2.75, 3.05) is 6.61 Å². The van der Waals surface area contributed by atoms with E-state index in [1.54, 1.807) is 31.2 Å². The Morgan fingerprint density at radius 2 is 2.00 bits per heavy atom. The van der Waals surface area contributed by atoms with Crippen LogP contribution in [0.3, 0.4) is 0 Å². The van der Waals surface area contributed by atoms with Gasteiger partial charge in [-0.3, -0.25) is 4.79 Å². The maximum Gasteiger partial charge on any atom is 0.261 e. The van der Waals surface area contributed by atoms with Gasteiger partial charge in [0.2, 0.25) is 0 Å². The summed E-state index contributed by atoms with van der Waals surface area (Å²) in [6.45, 7) is 1.42. The van der Waals surface area contributed by atoms with Gasteiger partial charge in [0.1, 0.15) is 5.75 Å². The number of benzene rings is 2. The number of amides is 1. The zero-order valence-corrected chi connectivity index (χ0v) is 12.8. The molecule has 0 bridgehead atoms. The van der Waals surface area contributed by atoms with Gasteiger partial charge in [0.25, 0.3) is 5.91 Å². The molecule has 5 nitrogen and oxygen atoms in total. The molecular weight excluding hydrogens is 292 g/mol. The molecule has 2 aromatic rings. The molecule has 23 heavy (non-hydrogen) atoms. The number of carbonyl (C=O) groups excluding carboxylic acids is 1.